The van der Waals surface area contributed by atoms with Crippen LogP contribution in [0.3, 0.4) is 0 Å². The standard InChI is InChI=1S/C12H15N3S/c1-3-13-10-8-4-5-16-12(8)15-11(14-10)9-6-7(9)2/h4-5,7,9H,3,6H2,1-2H3,(H,13,14,15). The van der Waals surface area contributed by atoms with Crippen LogP contribution in [0.1, 0.15) is 32.0 Å². The van der Waals surface area contributed by atoms with Gasteiger partial charge in [0.25, 0.3) is 0 Å². The van der Waals surface area contributed by atoms with Crippen LogP contribution in [0.2, 0.25) is 0 Å². The number of thiophene rings is 1. The van der Waals surface area contributed by atoms with Crippen molar-refractivity contribution in [1.29, 1.82) is 0 Å². The van der Waals surface area contributed by atoms with Crippen LogP contribution in [-0.4, -0.2) is 16.5 Å². The molecule has 0 bridgehead atoms. The summed E-state index contributed by atoms with van der Waals surface area (Å²) in [6, 6.07) is 2.10. The Hall–Kier alpha value is -1.16. The number of rotatable bonds is 3. The first kappa shape index (κ1) is 10.0. The maximum Gasteiger partial charge on any atom is 0.138 e. The van der Waals surface area contributed by atoms with Crippen molar-refractivity contribution in [3.63, 3.8) is 0 Å². The lowest BCUT2D eigenvalue weighted by molar-refractivity contribution is 0.853. The van der Waals surface area contributed by atoms with E-state index in [0.717, 1.165) is 34.3 Å². The molecule has 16 heavy (non-hydrogen) atoms. The summed E-state index contributed by atoms with van der Waals surface area (Å²) in [5.74, 6) is 3.37. The van der Waals surface area contributed by atoms with Crippen LogP contribution in [-0.2, 0) is 0 Å². The summed E-state index contributed by atoms with van der Waals surface area (Å²) < 4.78 is 0. The molecule has 2 unspecified atom stereocenters. The highest BCUT2D eigenvalue weighted by atomic mass is 32.1. The minimum absolute atomic E-state index is 0.587. The molecule has 2 aromatic rings. The third-order valence-corrected chi connectivity index (χ3v) is 3.93. The molecule has 2 heterocycles. The monoisotopic (exact) mass is 233 g/mol. The zero-order valence-corrected chi connectivity index (χ0v) is 10.3. The maximum absolute atomic E-state index is 4.66. The molecular formula is C12H15N3S. The van der Waals surface area contributed by atoms with E-state index in [2.05, 4.69) is 40.6 Å². The number of anilines is 1. The predicted molar refractivity (Wildman–Crippen MR) is 68.1 cm³/mol. The average Bonchev–Trinajstić information content (AvgIpc) is 2.81. The van der Waals surface area contributed by atoms with E-state index in [4.69, 9.17) is 0 Å². The molecule has 4 heteroatoms. The van der Waals surface area contributed by atoms with E-state index in [1.165, 1.54) is 6.42 Å². The van der Waals surface area contributed by atoms with E-state index in [-0.39, 0.29) is 0 Å². The van der Waals surface area contributed by atoms with Gasteiger partial charge in [-0.3, -0.25) is 0 Å². The Balaban J connectivity index is 2.09. The number of hydrogen-bond acceptors (Lipinski definition) is 4. The van der Waals surface area contributed by atoms with Gasteiger partial charge in [0.1, 0.15) is 16.5 Å². The molecule has 0 saturated heterocycles. The van der Waals surface area contributed by atoms with Crippen molar-refractivity contribution < 1.29 is 0 Å². The molecule has 0 spiro atoms. The normalized spacial score (nSPS) is 23.6. The topological polar surface area (TPSA) is 37.8 Å². The molecule has 1 N–H and O–H groups in total. The largest absolute Gasteiger partial charge is 0.370 e. The fourth-order valence-corrected chi connectivity index (χ4v) is 2.79. The zero-order valence-electron chi connectivity index (χ0n) is 9.53. The molecule has 1 aliphatic rings. The van der Waals surface area contributed by atoms with Crippen LogP contribution in [0.15, 0.2) is 11.4 Å². The lowest BCUT2D eigenvalue weighted by Crippen LogP contribution is -2.03. The molecule has 2 atom stereocenters. The van der Waals surface area contributed by atoms with Crippen molar-refractivity contribution in [2.45, 2.75) is 26.2 Å². The number of nitrogens with one attached hydrogen (secondary N) is 1. The highest BCUT2D eigenvalue weighted by Gasteiger charge is 2.37. The van der Waals surface area contributed by atoms with Crippen molar-refractivity contribution in [3.8, 4) is 0 Å². The van der Waals surface area contributed by atoms with E-state index in [1.54, 1.807) is 11.3 Å². The van der Waals surface area contributed by atoms with Crippen LogP contribution in [0.5, 0.6) is 0 Å². The highest BCUT2D eigenvalue weighted by Crippen LogP contribution is 2.46. The molecule has 3 rings (SSSR count). The van der Waals surface area contributed by atoms with Gasteiger partial charge in [-0.2, -0.15) is 0 Å². The van der Waals surface area contributed by atoms with Crippen molar-refractivity contribution in [2.24, 2.45) is 5.92 Å². The predicted octanol–water partition coefficient (Wildman–Crippen LogP) is 3.25. The van der Waals surface area contributed by atoms with Crippen molar-refractivity contribution in [2.75, 3.05) is 11.9 Å². The van der Waals surface area contributed by atoms with Gasteiger partial charge in [-0.25, -0.2) is 9.97 Å². The van der Waals surface area contributed by atoms with Gasteiger partial charge in [0.05, 0.1) is 5.39 Å². The Morgan fingerprint density at radius 1 is 1.50 bits per heavy atom. The number of hydrogen-bond donors (Lipinski definition) is 1. The van der Waals surface area contributed by atoms with Gasteiger partial charge in [0.2, 0.25) is 0 Å². The van der Waals surface area contributed by atoms with Crippen LogP contribution in [0, 0.1) is 5.92 Å². The Labute approximate surface area is 98.9 Å². The van der Waals surface area contributed by atoms with Crippen LogP contribution >= 0.6 is 11.3 Å². The maximum atomic E-state index is 4.66. The lowest BCUT2D eigenvalue weighted by Gasteiger charge is -2.06. The number of nitrogens with zero attached hydrogens (tertiary/aromatic N) is 2. The second-order valence-corrected chi connectivity index (χ2v) is 5.31. The Morgan fingerprint density at radius 3 is 3.00 bits per heavy atom. The third-order valence-electron chi connectivity index (χ3n) is 3.13. The molecule has 84 valence electrons. The van der Waals surface area contributed by atoms with Gasteiger partial charge in [0, 0.05) is 12.5 Å². The zero-order chi connectivity index (χ0) is 11.1. The summed E-state index contributed by atoms with van der Waals surface area (Å²) in [4.78, 5) is 10.4. The molecule has 1 aliphatic carbocycles. The van der Waals surface area contributed by atoms with Gasteiger partial charge in [0.15, 0.2) is 0 Å². The van der Waals surface area contributed by atoms with E-state index >= 15 is 0 Å². The second-order valence-electron chi connectivity index (χ2n) is 4.42. The molecule has 1 fully saturated rings. The van der Waals surface area contributed by atoms with E-state index in [0.29, 0.717) is 5.92 Å². The summed E-state index contributed by atoms with van der Waals surface area (Å²) in [7, 11) is 0. The van der Waals surface area contributed by atoms with Crippen molar-refractivity contribution in [1.82, 2.24) is 9.97 Å². The Bertz CT molecular complexity index is 520. The van der Waals surface area contributed by atoms with Gasteiger partial charge in [-0.15, -0.1) is 11.3 Å². The smallest absolute Gasteiger partial charge is 0.138 e. The summed E-state index contributed by atoms with van der Waals surface area (Å²) in [5, 5.41) is 6.57. The van der Waals surface area contributed by atoms with Crippen molar-refractivity contribution >= 4 is 27.4 Å². The SMILES string of the molecule is CCNc1nc(C2CC2C)nc2sccc12. The fourth-order valence-electron chi connectivity index (χ4n) is 2.02. The lowest BCUT2D eigenvalue weighted by atomic mass is 10.3. The molecule has 3 nitrogen and oxygen atoms in total. The number of aromatic nitrogens is 2. The van der Waals surface area contributed by atoms with E-state index in [9.17, 15) is 0 Å². The minimum Gasteiger partial charge on any atom is -0.370 e. The molecule has 0 aliphatic heterocycles. The summed E-state index contributed by atoms with van der Waals surface area (Å²) in [5.41, 5.74) is 0. The summed E-state index contributed by atoms with van der Waals surface area (Å²) in [6.45, 7) is 5.26. The first-order valence-electron chi connectivity index (χ1n) is 5.78. The highest BCUT2D eigenvalue weighted by molar-refractivity contribution is 7.16. The van der Waals surface area contributed by atoms with E-state index < -0.39 is 0 Å². The first-order chi connectivity index (χ1) is 7.79. The van der Waals surface area contributed by atoms with Gasteiger partial charge in [-0.1, -0.05) is 6.92 Å². The molecule has 1 saturated carbocycles. The van der Waals surface area contributed by atoms with Gasteiger partial charge in [-0.05, 0) is 30.7 Å². The Kier molecular flexibility index (Phi) is 2.32. The molecular weight excluding hydrogens is 218 g/mol. The Morgan fingerprint density at radius 2 is 2.31 bits per heavy atom. The molecule has 2 aromatic heterocycles. The first-order valence-corrected chi connectivity index (χ1v) is 6.66. The average molecular weight is 233 g/mol. The van der Waals surface area contributed by atoms with E-state index in [1.807, 2.05) is 0 Å². The van der Waals surface area contributed by atoms with Crippen LogP contribution in [0.4, 0.5) is 5.82 Å². The van der Waals surface area contributed by atoms with Crippen LogP contribution in [0.25, 0.3) is 10.2 Å². The molecule has 0 amide bonds. The molecule has 0 aromatic carbocycles. The van der Waals surface area contributed by atoms with Crippen LogP contribution < -0.4 is 5.32 Å². The van der Waals surface area contributed by atoms with Gasteiger partial charge < -0.3 is 5.32 Å². The minimum atomic E-state index is 0.587. The molecule has 0 radical (unpaired) electrons. The van der Waals surface area contributed by atoms with Gasteiger partial charge >= 0.3 is 0 Å². The third kappa shape index (κ3) is 1.57. The summed E-state index contributed by atoms with van der Waals surface area (Å²) in [6.07, 6.45) is 1.24. The second kappa shape index (κ2) is 3.70. The van der Waals surface area contributed by atoms with Crippen molar-refractivity contribution in [3.05, 3.63) is 17.3 Å². The fraction of sp³-hybridized carbons (Fsp3) is 0.500. The summed E-state index contributed by atoms with van der Waals surface area (Å²) >= 11 is 1.70. The number of fused-ring (bicyclic) bond motifs is 1. The quantitative estimate of drug-likeness (QED) is 0.884.